The van der Waals surface area contributed by atoms with Gasteiger partial charge >= 0.3 is 36.9 Å². The number of rotatable bonds is 8. The van der Waals surface area contributed by atoms with Crippen molar-refractivity contribution in [1.29, 1.82) is 0 Å². The molecule has 28 heavy (non-hydrogen) atoms. The Labute approximate surface area is 146 Å². The quantitative estimate of drug-likeness (QED) is 0.480. The number of carbonyl (C=O) groups is 1. The van der Waals surface area contributed by atoms with Gasteiger partial charge in [0.1, 0.15) is 0 Å². The standard InChI is InChI=1S/C12H6F11NO4/c13-8(14,7(25)24-6-4-2-1-3-5-6)26-12(22,23)28-10(17,18)9(15,16)27-11(19,20)21/h1-5H,(H,24,25). The van der Waals surface area contributed by atoms with E-state index in [2.05, 4.69) is 4.74 Å². The van der Waals surface area contributed by atoms with Gasteiger partial charge in [-0.05, 0) is 12.1 Å². The average molecular weight is 437 g/mol. The molecule has 0 aliphatic carbocycles. The van der Waals surface area contributed by atoms with E-state index in [1.807, 2.05) is 4.74 Å². The van der Waals surface area contributed by atoms with E-state index in [9.17, 15) is 53.1 Å². The summed E-state index contributed by atoms with van der Waals surface area (Å²) in [4.78, 5) is 11.2. The van der Waals surface area contributed by atoms with Crippen molar-refractivity contribution in [2.75, 3.05) is 5.32 Å². The Balaban J connectivity index is 2.89. The van der Waals surface area contributed by atoms with Crippen molar-refractivity contribution >= 4 is 11.6 Å². The van der Waals surface area contributed by atoms with Crippen molar-refractivity contribution in [3.8, 4) is 0 Å². The number of benzene rings is 1. The van der Waals surface area contributed by atoms with E-state index < -0.39 is 42.6 Å². The highest BCUT2D eigenvalue weighted by atomic mass is 19.4. The number of para-hydroxylation sites is 1. The van der Waals surface area contributed by atoms with Gasteiger partial charge < -0.3 is 5.32 Å². The zero-order valence-corrected chi connectivity index (χ0v) is 12.7. The van der Waals surface area contributed by atoms with Crippen LogP contribution < -0.4 is 5.32 Å². The van der Waals surface area contributed by atoms with Gasteiger partial charge in [-0.15, -0.1) is 22.0 Å². The number of amides is 1. The maximum atomic E-state index is 13.3. The predicted octanol–water partition coefficient (Wildman–Crippen LogP) is 4.52. The van der Waals surface area contributed by atoms with E-state index in [1.165, 1.54) is 23.5 Å². The molecular weight excluding hydrogens is 431 g/mol. The molecule has 0 atom stereocenters. The van der Waals surface area contributed by atoms with E-state index in [-0.39, 0.29) is 0 Å². The molecule has 0 bridgehead atoms. The molecule has 0 aromatic heterocycles. The monoisotopic (exact) mass is 437 g/mol. The van der Waals surface area contributed by atoms with Crippen molar-refractivity contribution in [3.05, 3.63) is 30.3 Å². The molecule has 5 nitrogen and oxygen atoms in total. The molecule has 0 heterocycles. The highest BCUT2D eigenvalue weighted by Crippen LogP contribution is 2.44. The topological polar surface area (TPSA) is 56.8 Å². The minimum atomic E-state index is -6.81. The summed E-state index contributed by atoms with van der Waals surface area (Å²) in [7, 11) is 0. The minimum Gasteiger partial charge on any atom is -0.319 e. The Morgan fingerprint density at radius 3 is 1.64 bits per heavy atom. The largest absolute Gasteiger partial charge is 0.527 e. The first-order valence-electron chi connectivity index (χ1n) is 6.42. The fourth-order valence-electron chi connectivity index (χ4n) is 1.36. The Morgan fingerprint density at radius 2 is 1.18 bits per heavy atom. The fourth-order valence-corrected chi connectivity index (χ4v) is 1.36. The smallest absolute Gasteiger partial charge is 0.319 e. The van der Waals surface area contributed by atoms with Crippen molar-refractivity contribution in [1.82, 2.24) is 0 Å². The van der Waals surface area contributed by atoms with Crippen LogP contribution in [0, 0.1) is 0 Å². The summed E-state index contributed by atoms with van der Waals surface area (Å²) in [5.41, 5.74) is -0.393. The van der Waals surface area contributed by atoms with Gasteiger partial charge in [-0.1, -0.05) is 18.2 Å². The number of hydrogen-bond acceptors (Lipinski definition) is 4. The van der Waals surface area contributed by atoms with Crippen molar-refractivity contribution < 1.29 is 67.3 Å². The number of carbonyl (C=O) groups excluding carboxylic acids is 1. The summed E-state index contributed by atoms with van der Waals surface area (Å²) in [6.45, 7) is 0. The lowest BCUT2D eigenvalue weighted by Crippen LogP contribution is -2.53. The molecule has 0 aliphatic rings. The summed E-state index contributed by atoms with van der Waals surface area (Å²) >= 11 is 0. The lowest BCUT2D eigenvalue weighted by molar-refractivity contribution is -0.568. The molecule has 1 amide bonds. The molecular formula is C12H6F11NO4. The minimum absolute atomic E-state index is 0.393. The average Bonchev–Trinajstić information content (AvgIpc) is 2.42. The number of anilines is 1. The van der Waals surface area contributed by atoms with E-state index in [0.717, 1.165) is 12.1 Å². The first-order valence-corrected chi connectivity index (χ1v) is 6.42. The van der Waals surface area contributed by atoms with Gasteiger partial charge in [0.2, 0.25) is 0 Å². The maximum absolute atomic E-state index is 13.3. The Bertz CT molecular complexity index is 678. The predicted molar refractivity (Wildman–Crippen MR) is 64.2 cm³/mol. The van der Waals surface area contributed by atoms with E-state index in [1.54, 1.807) is 4.74 Å². The van der Waals surface area contributed by atoms with E-state index in [4.69, 9.17) is 0 Å². The maximum Gasteiger partial charge on any atom is 0.527 e. The molecule has 0 radical (unpaired) electrons. The molecule has 0 spiro atoms. The van der Waals surface area contributed by atoms with Gasteiger partial charge in [-0.2, -0.15) is 26.3 Å². The summed E-state index contributed by atoms with van der Waals surface area (Å²) in [5, 5.41) is 1.32. The SMILES string of the molecule is O=C(Nc1ccccc1)C(F)(F)OC(F)(F)OC(F)(F)C(F)(F)OC(F)(F)F. The summed E-state index contributed by atoms with van der Waals surface area (Å²) in [6, 6.07) is 5.75. The molecule has 0 fully saturated rings. The first kappa shape index (κ1) is 23.8. The molecule has 0 saturated carbocycles. The van der Waals surface area contributed by atoms with Crippen LogP contribution in [0.2, 0.25) is 0 Å². The molecule has 0 unspecified atom stereocenters. The van der Waals surface area contributed by atoms with Crippen LogP contribution in [0.4, 0.5) is 54.0 Å². The zero-order chi connectivity index (χ0) is 22.0. The van der Waals surface area contributed by atoms with Gasteiger partial charge in [-0.25, -0.2) is 14.2 Å². The van der Waals surface area contributed by atoms with E-state index >= 15 is 0 Å². The second-order valence-corrected chi connectivity index (χ2v) is 4.59. The van der Waals surface area contributed by atoms with Gasteiger partial charge in [0, 0.05) is 5.69 Å². The molecule has 0 saturated heterocycles. The van der Waals surface area contributed by atoms with Crippen LogP contribution in [-0.2, 0) is 19.0 Å². The lowest BCUT2D eigenvalue weighted by Gasteiger charge is -2.29. The molecule has 16 heteroatoms. The fraction of sp³-hybridized carbons (Fsp3) is 0.417. The van der Waals surface area contributed by atoms with Crippen LogP contribution in [-0.4, -0.2) is 36.9 Å². The van der Waals surface area contributed by atoms with Gasteiger partial charge in [0.25, 0.3) is 0 Å². The third-order valence-electron chi connectivity index (χ3n) is 2.37. The highest BCUT2D eigenvalue weighted by Gasteiger charge is 2.69. The van der Waals surface area contributed by atoms with Crippen molar-refractivity contribution in [2.24, 2.45) is 0 Å². The molecule has 0 aliphatic heterocycles. The summed E-state index contributed by atoms with van der Waals surface area (Å²) in [6.07, 6.45) is -32.0. The Kier molecular flexibility index (Phi) is 6.53. The van der Waals surface area contributed by atoms with Crippen LogP contribution in [0.5, 0.6) is 0 Å². The van der Waals surface area contributed by atoms with Crippen LogP contribution in [0.15, 0.2) is 30.3 Å². The van der Waals surface area contributed by atoms with Crippen LogP contribution in [0.25, 0.3) is 0 Å². The second-order valence-electron chi connectivity index (χ2n) is 4.59. The number of hydrogen-bond donors (Lipinski definition) is 1. The molecule has 160 valence electrons. The van der Waals surface area contributed by atoms with Crippen molar-refractivity contribution in [2.45, 2.75) is 31.0 Å². The normalized spacial score (nSPS) is 14.1. The Morgan fingerprint density at radius 1 is 0.714 bits per heavy atom. The summed E-state index contributed by atoms with van der Waals surface area (Å²) in [5.74, 6) is -2.66. The van der Waals surface area contributed by atoms with Gasteiger partial charge in [0.05, 0.1) is 0 Å². The third-order valence-corrected chi connectivity index (χ3v) is 2.37. The van der Waals surface area contributed by atoms with E-state index in [0.29, 0.717) is 0 Å². The Hall–Kier alpha value is -2.20. The zero-order valence-electron chi connectivity index (χ0n) is 12.7. The molecule has 1 aromatic carbocycles. The van der Waals surface area contributed by atoms with Gasteiger partial charge in [-0.3, -0.25) is 4.79 Å². The number of alkyl halides is 11. The van der Waals surface area contributed by atoms with Crippen molar-refractivity contribution in [3.63, 3.8) is 0 Å². The number of ether oxygens (including phenoxy) is 3. The van der Waals surface area contributed by atoms with Crippen LogP contribution >= 0.6 is 0 Å². The summed E-state index contributed by atoms with van der Waals surface area (Å²) < 4.78 is 144. The van der Waals surface area contributed by atoms with Gasteiger partial charge in [0.15, 0.2) is 0 Å². The molecule has 1 aromatic rings. The molecule has 1 rings (SSSR count). The third kappa shape index (κ3) is 6.75. The van der Waals surface area contributed by atoms with Crippen LogP contribution in [0.3, 0.4) is 0 Å². The molecule has 1 N–H and O–H groups in total. The lowest BCUT2D eigenvalue weighted by atomic mass is 10.3. The first-order chi connectivity index (χ1) is 12.4. The van der Waals surface area contributed by atoms with Crippen LogP contribution in [0.1, 0.15) is 0 Å². The highest BCUT2D eigenvalue weighted by molar-refractivity contribution is 5.94. The number of nitrogens with one attached hydrogen (secondary N) is 1. The number of halogens is 11. The second kappa shape index (κ2) is 7.67.